The smallest absolute Gasteiger partial charge is 0.463 e. The van der Waals surface area contributed by atoms with Crippen molar-refractivity contribution in [1.29, 1.82) is 0 Å². The molecule has 0 heterocycles. The van der Waals surface area contributed by atoms with Crippen molar-refractivity contribution in [3.8, 4) is 0 Å². The number of esters is 1. The van der Waals surface area contributed by atoms with Crippen LogP contribution in [0.5, 0.6) is 0 Å². The molecule has 0 saturated heterocycles. The molecule has 6 heteroatoms. The average molecular weight is 385 g/mol. The topological polar surface area (TPSA) is 61.8 Å². The molecule has 0 fully saturated rings. The Morgan fingerprint density at radius 2 is 1.87 bits per heavy atom. The standard InChI is InChI=1S/C17H21BrO5/c1-6-21-15(19)11(2)14(12-9-7-8-10-13(12)18)22-16(20)23-17(3,4)5/h7-10,14H,2,6H2,1,3-5H3. The highest BCUT2D eigenvalue weighted by Crippen LogP contribution is 2.32. The molecule has 0 aromatic heterocycles. The zero-order chi connectivity index (χ0) is 17.6. The van der Waals surface area contributed by atoms with Crippen molar-refractivity contribution in [1.82, 2.24) is 0 Å². The average Bonchev–Trinajstić information content (AvgIpc) is 2.43. The van der Waals surface area contributed by atoms with E-state index in [4.69, 9.17) is 14.2 Å². The maximum absolute atomic E-state index is 12.0. The van der Waals surface area contributed by atoms with Crippen molar-refractivity contribution >= 4 is 28.1 Å². The van der Waals surface area contributed by atoms with E-state index in [9.17, 15) is 9.59 Å². The Morgan fingerprint density at radius 3 is 2.39 bits per heavy atom. The van der Waals surface area contributed by atoms with Crippen molar-refractivity contribution in [2.75, 3.05) is 6.61 Å². The molecule has 0 aliphatic carbocycles. The summed E-state index contributed by atoms with van der Waals surface area (Å²) >= 11 is 3.38. The highest BCUT2D eigenvalue weighted by atomic mass is 79.9. The number of hydrogen-bond donors (Lipinski definition) is 0. The maximum Gasteiger partial charge on any atom is 0.509 e. The van der Waals surface area contributed by atoms with Crippen LogP contribution in [-0.4, -0.2) is 24.3 Å². The molecule has 0 saturated carbocycles. The molecule has 0 spiro atoms. The van der Waals surface area contributed by atoms with Crippen molar-refractivity contribution in [3.63, 3.8) is 0 Å². The lowest BCUT2D eigenvalue weighted by Crippen LogP contribution is -2.27. The third-order valence-corrected chi connectivity index (χ3v) is 3.37. The second-order valence-corrected chi connectivity index (χ2v) is 6.58. The first-order valence-electron chi connectivity index (χ1n) is 7.15. The van der Waals surface area contributed by atoms with Crippen molar-refractivity contribution in [2.24, 2.45) is 0 Å². The van der Waals surface area contributed by atoms with Crippen molar-refractivity contribution in [3.05, 3.63) is 46.5 Å². The number of hydrogen-bond acceptors (Lipinski definition) is 5. The molecule has 5 nitrogen and oxygen atoms in total. The summed E-state index contributed by atoms with van der Waals surface area (Å²) in [5.41, 5.74) is -0.109. The SMILES string of the molecule is C=C(C(=O)OCC)C(OC(=O)OC(C)(C)C)c1ccccc1Br. The van der Waals surface area contributed by atoms with Crippen molar-refractivity contribution in [2.45, 2.75) is 39.4 Å². The van der Waals surface area contributed by atoms with E-state index >= 15 is 0 Å². The Morgan fingerprint density at radius 1 is 1.26 bits per heavy atom. The van der Waals surface area contributed by atoms with E-state index in [1.807, 2.05) is 6.07 Å². The second kappa shape index (κ2) is 8.15. The largest absolute Gasteiger partial charge is 0.509 e. The maximum atomic E-state index is 12.0. The molecule has 126 valence electrons. The van der Waals surface area contributed by atoms with Crippen LogP contribution in [0.3, 0.4) is 0 Å². The Bertz CT molecular complexity index is 589. The summed E-state index contributed by atoms with van der Waals surface area (Å²) in [4.78, 5) is 24.0. The van der Waals surface area contributed by atoms with Gasteiger partial charge in [-0.2, -0.15) is 0 Å². The van der Waals surface area contributed by atoms with Gasteiger partial charge >= 0.3 is 12.1 Å². The van der Waals surface area contributed by atoms with Gasteiger partial charge in [-0.05, 0) is 33.8 Å². The fraction of sp³-hybridized carbons (Fsp3) is 0.412. The molecular formula is C17H21BrO5. The molecular weight excluding hydrogens is 364 g/mol. The van der Waals surface area contributed by atoms with Gasteiger partial charge in [-0.3, -0.25) is 0 Å². The summed E-state index contributed by atoms with van der Waals surface area (Å²) in [6.07, 6.45) is -1.89. The van der Waals surface area contributed by atoms with Gasteiger partial charge in [-0.15, -0.1) is 0 Å². The van der Waals surface area contributed by atoms with E-state index in [-0.39, 0.29) is 12.2 Å². The summed E-state index contributed by atoms with van der Waals surface area (Å²) in [7, 11) is 0. The summed E-state index contributed by atoms with van der Waals surface area (Å²) in [5, 5.41) is 0. The Balaban J connectivity index is 3.07. The van der Waals surface area contributed by atoms with E-state index in [1.165, 1.54) is 0 Å². The Labute approximate surface area is 144 Å². The summed E-state index contributed by atoms with van der Waals surface area (Å²) < 4.78 is 16.1. The molecule has 0 bridgehead atoms. The van der Waals surface area contributed by atoms with Crippen LogP contribution >= 0.6 is 15.9 Å². The molecule has 1 unspecified atom stereocenters. The minimum absolute atomic E-state index is 0.0182. The highest BCUT2D eigenvalue weighted by Gasteiger charge is 2.29. The minimum Gasteiger partial charge on any atom is -0.463 e. The van der Waals surface area contributed by atoms with Gasteiger partial charge in [-0.1, -0.05) is 40.7 Å². The molecule has 23 heavy (non-hydrogen) atoms. The van der Waals surface area contributed by atoms with Gasteiger partial charge in [0.25, 0.3) is 0 Å². The summed E-state index contributed by atoms with van der Waals surface area (Å²) in [6, 6.07) is 7.08. The second-order valence-electron chi connectivity index (χ2n) is 5.73. The van der Waals surface area contributed by atoms with Gasteiger partial charge in [0.2, 0.25) is 0 Å². The number of benzene rings is 1. The molecule has 1 atom stereocenters. The number of carbonyl (C=O) groups excluding carboxylic acids is 2. The van der Waals surface area contributed by atoms with Gasteiger partial charge < -0.3 is 14.2 Å². The fourth-order valence-corrected chi connectivity index (χ4v) is 2.20. The number of carbonyl (C=O) groups is 2. The zero-order valence-corrected chi connectivity index (χ0v) is 15.3. The fourth-order valence-electron chi connectivity index (χ4n) is 1.71. The highest BCUT2D eigenvalue weighted by molar-refractivity contribution is 9.10. The number of rotatable bonds is 5. The monoisotopic (exact) mass is 384 g/mol. The van der Waals surface area contributed by atoms with Crippen LogP contribution in [0, 0.1) is 0 Å². The quantitative estimate of drug-likeness (QED) is 0.549. The third-order valence-electron chi connectivity index (χ3n) is 2.65. The molecule has 0 aliphatic heterocycles. The van der Waals surface area contributed by atoms with Gasteiger partial charge in [0.05, 0.1) is 12.2 Å². The first-order chi connectivity index (χ1) is 10.7. The third kappa shape index (κ3) is 6.06. The molecule has 1 aromatic carbocycles. The van der Waals surface area contributed by atoms with Crippen LogP contribution in [0.2, 0.25) is 0 Å². The molecule has 0 amide bonds. The molecule has 0 radical (unpaired) electrons. The molecule has 0 N–H and O–H groups in total. The van der Waals surface area contributed by atoms with Crippen LogP contribution in [0.25, 0.3) is 0 Å². The first-order valence-corrected chi connectivity index (χ1v) is 7.95. The van der Waals surface area contributed by atoms with E-state index in [0.29, 0.717) is 10.0 Å². The summed E-state index contributed by atoms with van der Waals surface area (Å²) in [5.74, 6) is -0.628. The van der Waals surface area contributed by atoms with Crippen LogP contribution in [0.4, 0.5) is 4.79 Å². The van der Waals surface area contributed by atoms with Crippen LogP contribution in [0.15, 0.2) is 40.9 Å². The molecule has 0 aliphatic rings. The van der Waals surface area contributed by atoms with E-state index in [0.717, 1.165) is 0 Å². The lowest BCUT2D eigenvalue weighted by atomic mass is 10.0. The predicted octanol–water partition coefficient (Wildman–Crippen LogP) is 4.56. The van der Waals surface area contributed by atoms with Crippen LogP contribution < -0.4 is 0 Å². The van der Waals surface area contributed by atoms with Gasteiger partial charge in [-0.25, -0.2) is 9.59 Å². The predicted molar refractivity (Wildman–Crippen MR) is 90.0 cm³/mol. The molecule has 1 rings (SSSR count). The Hall–Kier alpha value is -1.82. The van der Waals surface area contributed by atoms with E-state index < -0.39 is 23.8 Å². The zero-order valence-electron chi connectivity index (χ0n) is 13.7. The number of halogens is 1. The van der Waals surface area contributed by atoms with Crippen molar-refractivity contribution < 1.29 is 23.8 Å². The van der Waals surface area contributed by atoms with Gasteiger partial charge in [0.15, 0.2) is 6.10 Å². The van der Waals surface area contributed by atoms with Crippen LogP contribution in [0.1, 0.15) is 39.4 Å². The Kier molecular flexibility index (Phi) is 6.81. The van der Waals surface area contributed by atoms with Gasteiger partial charge in [0.1, 0.15) is 5.60 Å². The first kappa shape index (κ1) is 19.2. The normalized spacial score (nSPS) is 12.2. The van der Waals surface area contributed by atoms with E-state index in [1.54, 1.807) is 45.9 Å². The molecule has 1 aromatic rings. The lowest BCUT2D eigenvalue weighted by Gasteiger charge is -2.24. The lowest BCUT2D eigenvalue weighted by molar-refractivity contribution is -0.139. The number of ether oxygens (including phenoxy) is 3. The van der Waals surface area contributed by atoms with Crippen LogP contribution in [-0.2, 0) is 19.0 Å². The van der Waals surface area contributed by atoms with Gasteiger partial charge in [0, 0.05) is 10.0 Å². The summed E-state index contributed by atoms with van der Waals surface area (Å²) in [6.45, 7) is 10.8. The minimum atomic E-state index is -1.00. The van der Waals surface area contributed by atoms with E-state index in [2.05, 4.69) is 22.5 Å².